The van der Waals surface area contributed by atoms with E-state index in [1.165, 1.54) is 20.1 Å². The van der Waals surface area contributed by atoms with Crippen LogP contribution in [0, 0.1) is 5.41 Å². The first kappa shape index (κ1) is 23.7. The van der Waals surface area contributed by atoms with Crippen LogP contribution in [0.4, 0.5) is 0 Å². The monoisotopic (exact) mass is 498 g/mol. The van der Waals surface area contributed by atoms with Crippen molar-refractivity contribution in [3.63, 3.8) is 0 Å². The van der Waals surface area contributed by atoms with E-state index in [0.717, 1.165) is 22.3 Å². The molecular formula is C23H22N4O5S2. The van der Waals surface area contributed by atoms with Crippen molar-refractivity contribution in [2.45, 2.75) is 20.0 Å². The van der Waals surface area contributed by atoms with Gasteiger partial charge in [-0.25, -0.2) is 8.42 Å². The van der Waals surface area contributed by atoms with Crippen molar-refractivity contribution in [3.05, 3.63) is 65.2 Å². The molecule has 0 spiro atoms. The Morgan fingerprint density at radius 1 is 1.18 bits per heavy atom. The van der Waals surface area contributed by atoms with Crippen molar-refractivity contribution in [2.24, 2.45) is 10.1 Å². The Hall–Kier alpha value is -3.44. The van der Waals surface area contributed by atoms with Crippen molar-refractivity contribution >= 4 is 49.0 Å². The van der Waals surface area contributed by atoms with Crippen LogP contribution in [0.1, 0.15) is 31.1 Å². The Bertz CT molecular complexity index is 1350. The molecule has 2 aliphatic heterocycles. The molecule has 4 rings (SSSR count). The number of sulfone groups is 1. The lowest BCUT2D eigenvalue weighted by Crippen LogP contribution is -2.35. The van der Waals surface area contributed by atoms with E-state index in [9.17, 15) is 13.2 Å². The summed E-state index contributed by atoms with van der Waals surface area (Å²) >= 11 is 0.766. The van der Waals surface area contributed by atoms with Crippen LogP contribution in [0.5, 0.6) is 11.5 Å². The molecule has 2 aromatic carbocycles. The van der Waals surface area contributed by atoms with Crippen LogP contribution >= 0.6 is 11.8 Å². The van der Waals surface area contributed by atoms with Gasteiger partial charge in [-0.2, -0.15) is 10.0 Å². The van der Waals surface area contributed by atoms with Gasteiger partial charge < -0.3 is 9.47 Å². The molecule has 2 aromatic rings. The third-order valence-electron chi connectivity index (χ3n) is 5.15. The zero-order chi connectivity index (χ0) is 24.5. The molecule has 11 heteroatoms. The van der Waals surface area contributed by atoms with E-state index in [4.69, 9.17) is 14.9 Å². The standard InChI is InChI=1S/C23H22N4O5S2/c1-4-34(29,30)23-26-27-20(24)17(21(28)25-22(27)33-23)12-15-10-11-18(19(13-15)31-3)32-14(2)16-8-6-5-7-9-16/h5-14,24H,4H2,1-3H3/b17-12+,24-20?/t14-/m1/s1. The SMILES string of the molecule is CCS(=O)(=O)C1=NN2C(=N)/C(=C\c3ccc(O[C@H](C)c4ccccc4)c(OC)c3)C(=O)N=C2S1. The topological polar surface area (TPSA) is 121 Å². The summed E-state index contributed by atoms with van der Waals surface area (Å²) in [4.78, 5) is 16.5. The molecule has 0 unspecified atom stereocenters. The molecule has 1 N–H and O–H groups in total. The van der Waals surface area contributed by atoms with Crippen molar-refractivity contribution < 1.29 is 22.7 Å². The van der Waals surface area contributed by atoms with Gasteiger partial charge in [-0.15, -0.1) is 5.10 Å². The number of ether oxygens (including phenoxy) is 2. The van der Waals surface area contributed by atoms with Crippen LogP contribution in [-0.2, 0) is 14.6 Å². The fourth-order valence-corrected chi connectivity index (χ4v) is 5.41. The molecule has 1 amide bonds. The van der Waals surface area contributed by atoms with Crippen molar-refractivity contribution in [1.82, 2.24) is 5.01 Å². The average molecular weight is 499 g/mol. The average Bonchev–Trinajstić information content (AvgIpc) is 3.28. The molecule has 2 aliphatic rings. The Labute approximate surface area is 201 Å². The van der Waals surface area contributed by atoms with E-state index in [2.05, 4.69) is 10.1 Å². The summed E-state index contributed by atoms with van der Waals surface area (Å²) in [6.07, 6.45) is 1.28. The number of methoxy groups -OCH3 is 1. The Kier molecular flexibility index (Phi) is 6.58. The second-order valence-corrected chi connectivity index (χ2v) is 10.8. The number of carbonyl (C=O) groups excluding carboxylic acids is 1. The van der Waals surface area contributed by atoms with Gasteiger partial charge in [0.25, 0.3) is 5.91 Å². The minimum absolute atomic E-state index is 0.0170. The molecule has 176 valence electrons. The van der Waals surface area contributed by atoms with Crippen molar-refractivity contribution in [1.29, 1.82) is 5.41 Å². The molecule has 1 atom stereocenters. The van der Waals surface area contributed by atoms with Gasteiger partial charge in [0.1, 0.15) is 6.10 Å². The number of aliphatic imine (C=N–C) groups is 1. The molecule has 0 bridgehead atoms. The van der Waals surface area contributed by atoms with E-state index < -0.39 is 15.7 Å². The molecule has 0 fully saturated rings. The lowest BCUT2D eigenvalue weighted by molar-refractivity contribution is -0.114. The number of nitrogens with zero attached hydrogens (tertiary/aromatic N) is 3. The van der Waals surface area contributed by atoms with Gasteiger partial charge in [0.2, 0.25) is 19.4 Å². The van der Waals surface area contributed by atoms with Crippen LogP contribution in [0.25, 0.3) is 6.08 Å². The highest BCUT2D eigenvalue weighted by Crippen LogP contribution is 2.34. The molecule has 0 aliphatic carbocycles. The molecule has 2 heterocycles. The minimum Gasteiger partial charge on any atom is -0.493 e. The fraction of sp³-hybridized carbons (Fsp3) is 0.217. The predicted molar refractivity (Wildman–Crippen MR) is 133 cm³/mol. The van der Waals surface area contributed by atoms with Crippen LogP contribution in [0.3, 0.4) is 0 Å². The first-order chi connectivity index (χ1) is 16.2. The zero-order valence-electron chi connectivity index (χ0n) is 18.7. The Balaban J connectivity index is 1.60. The minimum atomic E-state index is -3.58. The van der Waals surface area contributed by atoms with Gasteiger partial charge in [0.05, 0.1) is 18.4 Å². The summed E-state index contributed by atoms with van der Waals surface area (Å²) in [6, 6.07) is 14.9. The first-order valence-electron chi connectivity index (χ1n) is 10.4. The van der Waals surface area contributed by atoms with Gasteiger partial charge in [-0.3, -0.25) is 10.2 Å². The number of hydrogen-bond acceptors (Lipinski definition) is 8. The van der Waals surface area contributed by atoms with Gasteiger partial charge in [-0.05, 0) is 48.0 Å². The highest BCUT2D eigenvalue weighted by atomic mass is 32.3. The number of amidine groups is 2. The second-order valence-electron chi connectivity index (χ2n) is 7.37. The fourth-order valence-electron chi connectivity index (χ4n) is 3.24. The second kappa shape index (κ2) is 9.43. The number of benzene rings is 2. The Morgan fingerprint density at radius 3 is 2.59 bits per heavy atom. The van der Waals surface area contributed by atoms with E-state index in [1.54, 1.807) is 18.2 Å². The van der Waals surface area contributed by atoms with Crippen molar-refractivity contribution in [2.75, 3.05) is 12.9 Å². The van der Waals surface area contributed by atoms with E-state index in [1.807, 2.05) is 37.3 Å². The highest BCUT2D eigenvalue weighted by Gasteiger charge is 2.39. The quantitative estimate of drug-likeness (QED) is 0.601. The molecular weight excluding hydrogens is 476 g/mol. The number of carbonyl (C=O) groups is 1. The van der Waals surface area contributed by atoms with Crippen LogP contribution < -0.4 is 9.47 Å². The summed E-state index contributed by atoms with van der Waals surface area (Å²) in [7, 11) is -2.07. The first-order valence-corrected chi connectivity index (χ1v) is 12.8. The van der Waals surface area contributed by atoms with Gasteiger partial charge >= 0.3 is 0 Å². The van der Waals surface area contributed by atoms with Crippen LogP contribution in [0.2, 0.25) is 0 Å². The maximum atomic E-state index is 12.6. The number of amides is 1. The third kappa shape index (κ3) is 4.62. The molecule has 0 saturated carbocycles. The molecule has 34 heavy (non-hydrogen) atoms. The Morgan fingerprint density at radius 2 is 1.91 bits per heavy atom. The number of nitrogens with one attached hydrogen (secondary N) is 1. The van der Waals surface area contributed by atoms with Gasteiger partial charge in [0.15, 0.2) is 17.3 Å². The maximum absolute atomic E-state index is 12.6. The third-order valence-corrected chi connectivity index (χ3v) is 8.24. The predicted octanol–water partition coefficient (Wildman–Crippen LogP) is 3.85. The summed E-state index contributed by atoms with van der Waals surface area (Å²) in [6.45, 7) is 3.44. The number of hydrogen-bond donors (Lipinski definition) is 1. The van der Waals surface area contributed by atoms with E-state index in [0.29, 0.717) is 17.1 Å². The number of hydrazone groups is 1. The zero-order valence-corrected chi connectivity index (χ0v) is 20.3. The summed E-state index contributed by atoms with van der Waals surface area (Å²) in [5.41, 5.74) is 1.58. The maximum Gasteiger partial charge on any atom is 0.283 e. The molecule has 0 radical (unpaired) electrons. The van der Waals surface area contributed by atoms with Gasteiger partial charge in [0, 0.05) is 0 Å². The smallest absolute Gasteiger partial charge is 0.283 e. The lowest BCUT2D eigenvalue weighted by atomic mass is 10.1. The highest BCUT2D eigenvalue weighted by molar-refractivity contribution is 8.42. The largest absolute Gasteiger partial charge is 0.493 e. The lowest BCUT2D eigenvalue weighted by Gasteiger charge is -2.20. The van der Waals surface area contributed by atoms with Gasteiger partial charge in [-0.1, -0.05) is 43.3 Å². The number of rotatable bonds is 6. The van der Waals surface area contributed by atoms with E-state index in [-0.39, 0.29) is 32.8 Å². The summed E-state index contributed by atoms with van der Waals surface area (Å²) in [5.74, 6) is -0.0449. The number of thioether (sulfide) groups is 1. The van der Waals surface area contributed by atoms with E-state index >= 15 is 0 Å². The molecule has 0 saturated heterocycles. The number of fused-ring (bicyclic) bond motifs is 1. The van der Waals surface area contributed by atoms with Crippen LogP contribution in [0.15, 0.2) is 64.2 Å². The summed E-state index contributed by atoms with van der Waals surface area (Å²) < 4.78 is 35.6. The molecule has 0 aromatic heterocycles. The van der Waals surface area contributed by atoms with Crippen molar-refractivity contribution in [3.8, 4) is 11.5 Å². The molecule has 9 nitrogen and oxygen atoms in total. The van der Waals surface area contributed by atoms with Crippen LogP contribution in [-0.4, -0.2) is 47.6 Å². The summed E-state index contributed by atoms with van der Waals surface area (Å²) in [5, 5.41) is 13.5. The normalized spacial score (nSPS) is 17.9.